The summed E-state index contributed by atoms with van der Waals surface area (Å²) in [5, 5.41) is 5.33. The minimum Gasteiger partial charge on any atom is -1.00 e. The van der Waals surface area contributed by atoms with Gasteiger partial charge in [0.25, 0.3) is 0 Å². The molecule has 0 heterocycles. The summed E-state index contributed by atoms with van der Waals surface area (Å²) < 4.78 is 1.37. The first-order chi connectivity index (χ1) is 21.7. The molecular formula is C44H42Cl2Ti-2. The molecule has 0 atom stereocenters. The molecular weight excluding hydrogens is 647 g/mol. The van der Waals surface area contributed by atoms with Crippen molar-refractivity contribution in [3.05, 3.63) is 186 Å². The molecule has 0 aliphatic heterocycles. The van der Waals surface area contributed by atoms with Gasteiger partial charge in [0.05, 0.1) is 0 Å². The molecule has 1 aliphatic carbocycles. The summed E-state index contributed by atoms with van der Waals surface area (Å²) >= 11 is 2.12. The van der Waals surface area contributed by atoms with Crippen LogP contribution in [0.25, 0.3) is 21.5 Å². The van der Waals surface area contributed by atoms with Crippen LogP contribution in [0.2, 0.25) is 0 Å². The number of fused-ring (bicyclic) bond motifs is 3. The predicted octanol–water partition coefficient (Wildman–Crippen LogP) is 5.45. The molecule has 0 radical (unpaired) electrons. The van der Waals surface area contributed by atoms with Gasteiger partial charge in [0.15, 0.2) is 0 Å². The van der Waals surface area contributed by atoms with Crippen molar-refractivity contribution in [2.24, 2.45) is 0 Å². The van der Waals surface area contributed by atoms with Gasteiger partial charge >= 0.3 is 66.6 Å². The molecule has 7 rings (SSSR count). The Bertz CT molecular complexity index is 1810. The summed E-state index contributed by atoms with van der Waals surface area (Å²) in [4.78, 5) is 0. The standard InChI is InChI=1S/C31H29.C8H8.C5H5.2ClH.Ti/c1-30(2,24-11-7-5-8-12-24)26-15-17-28-22(20-26)19-23-21-27(16-18-29(23)28)31(3,4)25-13-9-6-10-14-25;1-2-8-6-4-3-5-7-8;1-2-4-5-3-1;;;/h5-21H,1-4H3;3-7H,1H3;1-3H,4H2;2*1H;/q-1;;-1;;;+2/p-2. The number of hydrogen-bond donors (Lipinski definition) is 0. The van der Waals surface area contributed by atoms with Crippen LogP contribution < -0.4 is 24.8 Å². The molecule has 0 bridgehead atoms. The molecule has 47 heavy (non-hydrogen) atoms. The zero-order chi connectivity index (χ0) is 31.9. The van der Waals surface area contributed by atoms with Gasteiger partial charge in [-0.05, 0) is 11.1 Å². The molecule has 238 valence electrons. The third-order valence-corrected chi connectivity index (χ3v) is 9.38. The van der Waals surface area contributed by atoms with E-state index in [0.717, 1.165) is 6.42 Å². The first-order valence-electron chi connectivity index (χ1n) is 15.8. The van der Waals surface area contributed by atoms with Crippen molar-refractivity contribution < 1.29 is 44.8 Å². The largest absolute Gasteiger partial charge is 1.00 e. The predicted molar refractivity (Wildman–Crippen MR) is 192 cm³/mol. The maximum atomic E-state index is 2.99. The van der Waals surface area contributed by atoms with Crippen molar-refractivity contribution >= 4 is 25.4 Å². The smallest absolute Gasteiger partial charge is 0.109 e. The van der Waals surface area contributed by atoms with Gasteiger partial charge in [-0.2, -0.15) is 6.08 Å². The van der Waals surface area contributed by atoms with Crippen molar-refractivity contribution in [1.29, 1.82) is 0 Å². The van der Waals surface area contributed by atoms with Gasteiger partial charge in [-0.1, -0.05) is 124 Å². The summed E-state index contributed by atoms with van der Waals surface area (Å²) in [6.45, 7) is 11.4. The van der Waals surface area contributed by atoms with Crippen LogP contribution in [0.5, 0.6) is 0 Å². The topological polar surface area (TPSA) is 0 Å². The number of hydrogen-bond acceptors (Lipinski definition) is 0. The van der Waals surface area contributed by atoms with Crippen molar-refractivity contribution in [3.63, 3.8) is 0 Å². The Morgan fingerprint density at radius 1 is 0.596 bits per heavy atom. The van der Waals surface area contributed by atoms with Crippen LogP contribution >= 0.6 is 0 Å². The molecule has 0 aromatic heterocycles. The molecule has 0 fully saturated rings. The Balaban J connectivity index is 0.000000312. The second kappa shape index (κ2) is 17.1. The third kappa shape index (κ3) is 9.16. The Hall–Kier alpha value is -3.39. The van der Waals surface area contributed by atoms with Crippen molar-refractivity contribution in [2.45, 2.75) is 51.9 Å². The van der Waals surface area contributed by atoms with Crippen molar-refractivity contribution in [1.82, 2.24) is 0 Å². The molecule has 0 saturated carbocycles. The monoisotopic (exact) mass is 688 g/mol. The van der Waals surface area contributed by atoms with Crippen molar-refractivity contribution in [3.8, 4) is 0 Å². The van der Waals surface area contributed by atoms with E-state index in [2.05, 4.69) is 194 Å². The van der Waals surface area contributed by atoms with Crippen molar-refractivity contribution in [2.75, 3.05) is 0 Å². The van der Waals surface area contributed by atoms with Gasteiger partial charge in [-0.15, -0.1) is 46.2 Å². The van der Waals surface area contributed by atoms with Gasteiger partial charge in [-0.3, -0.25) is 6.08 Å². The van der Waals surface area contributed by atoms with E-state index in [1.165, 1.54) is 53.2 Å². The summed E-state index contributed by atoms with van der Waals surface area (Å²) in [5.74, 6) is 0. The van der Waals surface area contributed by atoms with Gasteiger partial charge in [-0.25, -0.2) is 12.2 Å². The van der Waals surface area contributed by atoms with Gasteiger partial charge < -0.3 is 24.8 Å². The minimum atomic E-state index is -0.0284. The van der Waals surface area contributed by atoms with E-state index in [0.29, 0.717) is 0 Å². The molecule has 0 unspecified atom stereocenters. The van der Waals surface area contributed by atoms with Crippen LogP contribution in [0.15, 0.2) is 152 Å². The third-order valence-electron chi connectivity index (χ3n) is 8.93. The average molecular weight is 690 g/mol. The fourth-order valence-electron chi connectivity index (χ4n) is 5.87. The quantitative estimate of drug-likeness (QED) is 0.167. The Labute approximate surface area is 305 Å². The molecule has 0 amide bonds. The van der Waals surface area contributed by atoms with E-state index >= 15 is 0 Å². The van der Waals surface area contributed by atoms with Gasteiger partial charge in [0, 0.05) is 10.8 Å². The number of benzene rings is 5. The molecule has 3 heteroatoms. The van der Waals surface area contributed by atoms with Crippen LogP contribution in [0.1, 0.15) is 68.9 Å². The van der Waals surface area contributed by atoms with Crippen LogP contribution in [0.4, 0.5) is 0 Å². The van der Waals surface area contributed by atoms with E-state index in [4.69, 9.17) is 0 Å². The molecule has 0 nitrogen and oxygen atoms in total. The molecule has 0 spiro atoms. The van der Waals surface area contributed by atoms with E-state index in [-0.39, 0.29) is 35.6 Å². The van der Waals surface area contributed by atoms with E-state index < -0.39 is 0 Å². The Morgan fingerprint density at radius 3 is 1.34 bits per heavy atom. The Morgan fingerprint density at radius 2 is 1.02 bits per heavy atom. The molecule has 0 N–H and O–H groups in total. The normalized spacial score (nSPS) is 11.9. The van der Waals surface area contributed by atoms with E-state index in [1.54, 1.807) is 0 Å². The number of rotatable bonds is 5. The number of allylic oxidation sites excluding steroid dienone is 4. The fourth-order valence-corrected chi connectivity index (χ4v) is 6.13. The maximum absolute atomic E-state index is 2.99. The van der Waals surface area contributed by atoms with E-state index in [1.807, 2.05) is 18.2 Å². The van der Waals surface area contributed by atoms with Crippen LogP contribution in [0.3, 0.4) is 0 Å². The molecule has 0 saturated heterocycles. The zero-order valence-corrected chi connectivity index (χ0v) is 31.0. The van der Waals surface area contributed by atoms with E-state index in [9.17, 15) is 0 Å². The molecule has 1 aliphatic rings. The second-order valence-electron chi connectivity index (χ2n) is 12.7. The first-order valence-corrected chi connectivity index (χ1v) is 16.5. The number of halogens is 2. The van der Waals surface area contributed by atoms with Crippen LogP contribution in [-0.2, 0) is 30.8 Å². The summed E-state index contributed by atoms with van der Waals surface area (Å²) in [5.41, 5.74) is 6.67. The minimum absolute atomic E-state index is 0. The summed E-state index contributed by atoms with van der Waals surface area (Å²) in [7, 11) is 0. The molecule has 6 aromatic rings. The SMILES string of the molecule is CC(C)(c1ccccc1)c1ccc2c(c1)[cH-]c1cc(C(C)(C)c3ccccc3)ccc12.C[C](=[Ti+2])c1ccccc1.[C-]1=CC=CC1.[Cl-].[Cl-]. The van der Waals surface area contributed by atoms with Crippen LogP contribution in [0, 0.1) is 6.08 Å². The Kier molecular flexibility index (Phi) is 13.9. The first kappa shape index (κ1) is 38.1. The fraction of sp³-hybridized carbons (Fsp3) is 0.182. The summed E-state index contributed by atoms with van der Waals surface area (Å²) in [6, 6.07) is 48.3. The maximum Gasteiger partial charge on any atom is -0.109 e. The summed E-state index contributed by atoms with van der Waals surface area (Å²) in [6.07, 6.45) is 10.0. The van der Waals surface area contributed by atoms with Crippen LogP contribution in [-0.4, -0.2) is 3.81 Å². The second-order valence-corrected chi connectivity index (χ2v) is 13.9. The van der Waals surface area contributed by atoms with Gasteiger partial charge in [0.2, 0.25) is 0 Å². The average Bonchev–Trinajstić information content (AvgIpc) is 3.78. The van der Waals surface area contributed by atoms with Gasteiger partial charge in [0.1, 0.15) is 0 Å². The zero-order valence-electron chi connectivity index (χ0n) is 27.9. The molecule has 6 aromatic carbocycles.